The van der Waals surface area contributed by atoms with E-state index in [-0.39, 0.29) is 18.2 Å². The molecule has 0 unspecified atom stereocenters. The third kappa shape index (κ3) is 4.14. The number of hydrogen-bond donors (Lipinski definition) is 1. The van der Waals surface area contributed by atoms with E-state index in [4.69, 9.17) is 4.74 Å². The van der Waals surface area contributed by atoms with E-state index in [0.717, 1.165) is 5.56 Å². The zero-order chi connectivity index (χ0) is 20.2. The molecule has 0 bridgehead atoms. The molecule has 3 aromatic carbocycles. The van der Waals surface area contributed by atoms with Crippen molar-refractivity contribution in [1.82, 2.24) is 9.97 Å². The Morgan fingerprint density at radius 1 is 1.03 bits per heavy atom. The second-order valence-corrected chi connectivity index (χ2v) is 6.37. The number of rotatable bonds is 5. The number of nitrogens with one attached hydrogen (secondary N) is 1. The Kier molecular flexibility index (Phi) is 5.04. The van der Waals surface area contributed by atoms with Gasteiger partial charge >= 0.3 is 0 Å². The van der Waals surface area contributed by atoms with Crippen LogP contribution in [0.3, 0.4) is 0 Å². The second kappa shape index (κ2) is 7.95. The predicted molar refractivity (Wildman–Crippen MR) is 107 cm³/mol. The van der Waals surface area contributed by atoms with Crippen LogP contribution in [0.25, 0.3) is 22.7 Å². The fourth-order valence-electron chi connectivity index (χ4n) is 2.89. The van der Waals surface area contributed by atoms with Crippen LogP contribution >= 0.6 is 0 Å². The summed E-state index contributed by atoms with van der Waals surface area (Å²) in [6.45, 7) is 0.261. The van der Waals surface area contributed by atoms with E-state index < -0.39 is 0 Å². The van der Waals surface area contributed by atoms with Crippen molar-refractivity contribution in [3.05, 3.63) is 95.3 Å². The molecule has 1 aromatic heterocycles. The highest BCUT2D eigenvalue weighted by Gasteiger charge is 2.10. The number of aromatic nitrogens is 2. The van der Waals surface area contributed by atoms with Crippen LogP contribution in [0.2, 0.25) is 0 Å². The van der Waals surface area contributed by atoms with E-state index in [9.17, 15) is 14.0 Å². The summed E-state index contributed by atoms with van der Waals surface area (Å²) >= 11 is 0. The van der Waals surface area contributed by atoms with Gasteiger partial charge in [0.15, 0.2) is 0 Å². The Morgan fingerprint density at radius 2 is 1.79 bits per heavy atom. The number of imidazole rings is 1. The van der Waals surface area contributed by atoms with Crippen molar-refractivity contribution >= 4 is 22.7 Å². The number of halogens is 2. The van der Waals surface area contributed by atoms with Crippen LogP contribution in [-0.2, 0) is 6.61 Å². The van der Waals surface area contributed by atoms with E-state index in [1.54, 1.807) is 30.3 Å². The molecule has 0 aliphatic heterocycles. The number of hydrogen-bond acceptors (Lipinski definition) is 3. The van der Waals surface area contributed by atoms with Crippen LogP contribution in [0.15, 0.2) is 66.7 Å². The van der Waals surface area contributed by atoms with E-state index in [2.05, 4.69) is 16.0 Å². The van der Waals surface area contributed by atoms with Gasteiger partial charge in [-0.3, -0.25) is 0 Å². The number of benzene rings is 3. The predicted octanol–water partition coefficient (Wildman–Crippen LogP) is 5.48. The van der Waals surface area contributed by atoms with Gasteiger partial charge in [-0.1, -0.05) is 30.3 Å². The van der Waals surface area contributed by atoms with Gasteiger partial charge in [0.2, 0.25) is 0 Å². The quantitative estimate of drug-likeness (QED) is 0.461. The molecule has 0 fully saturated rings. The van der Waals surface area contributed by atoms with Crippen LogP contribution in [0.4, 0.5) is 8.78 Å². The lowest BCUT2D eigenvalue weighted by Crippen LogP contribution is -1.97. The summed E-state index contributed by atoms with van der Waals surface area (Å²) in [6.07, 6.45) is 1.66. The van der Waals surface area contributed by atoms with Gasteiger partial charge in [0.1, 0.15) is 35.9 Å². The number of para-hydroxylation sites is 1. The molecule has 0 aliphatic carbocycles. The summed E-state index contributed by atoms with van der Waals surface area (Å²) < 4.78 is 32.3. The molecule has 1 N–H and O–H groups in total. The van der Waals surface area contributed by atoms with Crippen molar-refractivity contribution in [3.8, 4) is 11.8 Å². The standard InChI is InChI=1S/C23H15F2N3O/c24-18-7-5-15(6-8-18)14-29-22-4-2-1-3-16(22)11-17(13-26)23-27-20-10-9-19(25)12-21(20)28-23/h1-12H,14H2,(H,27,28)/b17-11-. The Balaban J connectivity index is 1.63. The number of H-pyrrole nitrogens is 1. The highest BCUT2D eigenvalue weighted by atomic mass is 19.1. The highest BCUT2D eigenvalue weighted by molar-refractivity contribution is 5.91. The molecule has 0 saturated carbocycles. The number of nitrogens with zero attached hydrogens (tertiary/aromatic N) is 2. The van der Waals surface area contributed by atoms with E-state index in [0.29, 0.717) is 33.7 Å². The molecule has 0 amide bonds. The van der Waals surface area contributed by atoms with Crippen molar-refractivity contribution in [2.24, 2.45) is 0 Å². The fraction of sp³-hybridized carbons (Fsp3) is 0.0435. The second-order valence-electron chi connectivity index (χ2n) is 6.37. The summed E-state index contributed by atoms with van der Waals surface area (Å²) in [5.74, 6) is 0.240. The smallest absolute Gasteiger partial charge is 0.149 e. The summed E-state index contributed by atoms with van der Waals surface area (Å²) in [5, 5.41) is 9.62. The van der Waals surface area contributed by atoms with Crippen molar-refractivity contribution in [3.63, 3.8) is 0 Å². The van der Waals surface area contributed by atoms with Crippen molar-refractivity contribution in [1.29, 1.82) is 5.26 Å². The monoisotopic (exact) mass is 387 g/mol. The summed E-state index contributed by atoms with van der Waals surface area (Å²) in [6, 6.07) is 19.7. The minimum absolute atomic E-state index is 0.261. The molecule has 0 radical (unpaired) electrons. The molecule has 4 rings (SSSR count). The number of aromatic amines is 1. The molecule has 0 saturated heterocycles. The molecule has 4 aromatic rings. The average molecular weight is 387 g/mol. The van der Waals surface area contributed by atoms with Gasteiger partial charge in [-0.25, -0.2) is 13.8 Å². The van der Waals surface area contributed by atoms with E-state index in [1.807, 2.05) is 18.2 Å². The molecule has 29 heavy (non-hydrogen) atoms. The first-order valence-corrected chi connectivity index (χ1v) is 8.86. The molecule has 142 valence electrons. The first-order valence-electron chi connectivity index (χ1n) is 8.86. The van der Waals surface area contributed by atoms with E-state index in [1.165, 1.54) is 24.3 Å². The van der Waals surface area contributed by atoms with Crippen LogP contribution < -0.4 is 4.74 Å². The van der Waals surface area contributed by atoms with Crippen LogP contribution in [-0.4, -0.2) is 9.97 Å². The zero-order valence-corrected chi connectivity index (χ0v) is 15.2. The normalized spacial score (nSPS) is 11.4. The molecule has 0 aliphatic rings. The Labute approximate surface area is 165 Å². The average Bonchev–Trinajstić information content (AvgIpc) is 3.15. The Bertz CT molecular complexity index is 1240. The first kappa shape index (κ1) is 18.4. The number of ether oxygens (including phenoxy) is 1. The SMILES string of the molecule is N#C/C(=C/c1ccccc1OCc1ccc(F)cc1)c1nc2ccc(F)cc2[nH]1. The lowest BCUT2D eigenvalue weighted by molar-refractivity contribution is 0.305. The molecule has 0 spiro atoms. The molecule has 0 atom stereocenters. The van der Waals surface area contributed by atoms with Crippen molar-refractivity contribution in [2.75, 3.05) is 0 Å². The van der Waals surface area contributed by atoms with Crippen LogP contribution in [0.5, 0.6) is 5.75 Å². The van der Waals surface area contributed by atoms with Gasteiger partial charge in [-0.05, 0) is 48.0 Å². The molecular formula is C23H15F2N3O. The summed E-state index contributed by atoms with van der Waals surface area (Å²) in [7, 11) is 0. The lowest BCUT2D eigenvalue weighted by atomic mass is 10.1. The van der Waals surface area contributed by atoms with Gasteiger partial charge < -0.3 is 9.72 Å². The number of nitriles is 1. The third-order valence-corrected chi connectivity index (χ3v) is 4.35. The molecular weight excluding hydrogens is 372 g/mol. The maximum absolute atomic E-state index is 13.4. The van der Waals surface area contributed by atoms with E-state index >= 15 is 0 Å². The van der Waals surface area contributed by atoms with Crippen LogP contribution in [0.1, 0.15) is 17.0 Å². The van der Waals surface area contributed by atoms with Gasteiger partial charge in [-0.2, -0.15) is 5.26 Å². The minimum atomic E-state index is -0.380. The zero-order valence-electron chi connectivity index (χ0n) is 15.2. The summed E-state index contributed by atoms with van der Waals surface area (Å²) in [4.78, 5) is 7.34. The third-order valence-electron chi connectivity index (χ3n) is 4.35. The van der Waals surface area contributed by atoms with Gasteiger partial charge in [-0.15, -0.1) is 0 Å². The van der Waals surface area contributed by atoms with Gasteiger partial charge in [0.05, 0.1) is 16.6 Å². The highest BCUT2D eigenvalue weighted by Crippen LogP contribution is 2.25. The van der Waals surface area contributed by atoms with Crippen molar-refractivity contribution < 1.29 is 13.5 Å². The van der Waals surface area contributed by atoms with Crippen molar-refractivity contribution in [2.45, 2.75) is 6.61 Å². The summed E-state index contributed by atoms with van der Waals surface area (Å²) in [5.41, 5.74) is 2.90. The minimum Gasteiger partial charge on any atom is -0.488 e. The number of fused-ring (bicyclic) bond motifs is 1. The Morgan fingerprint density at radius 3 is 2.59 bits per heavy atom. The van der Waals surface area contributed by atoms with Gasteiger partial charge in [0.25, 0.3) is 0 Å². The largest absolute Gasteiger partial charge is 0.488 e. The fourth-order valence-corrected chi connectivity index (χ4v) is 2.89. The maximum atomic E-state index is 13.4. The maximum Gasteiger partial charge on any atom is 0.149 e. The Hall–Kier alpha value is -3.98. The van der Waals surface area contributed by atoms with Crippen LogP contribution in [0, 0.1) is 23.0 Å². The first-order chi connectivity index (χ1) is 14.1. The lowest BCUT2D eigenvalue weighted by Gasteiger charge is -2.09. The van der Waals surface area contributed by atoms with Gasteiger partial charge in [0, 0.05) is 5.56 Å². The molecule has 6 heteroatoms. The topological polar surface area (TPSA) is 61.7 Å². The number of allylic oxidation sites excluding steroid dienone is 1. The molecule has 4 nitrogen and oxygen atoms in total. The molecule has 1 heterocycles.